The fraction of sp³-hybridized carbons (Fsp3) is 0.182. The molecule has 2 nitrogen and oxygen atoms in total. The SMILES string of the molecule is CCOc1ccccc1C=CC(=O)Cl. The van der Waals surface area contributed by atoms with Gasteiger partial charge in [0.1, 0.15) is 5.75 Å². The molecular weight excluding hydrogens is 200 g/mol. The molecule has 1 rings (SSSR count). The number of hydrogen-bond acceptors (Lipinski definition) is 2. The highest BCUT2D eigenvalue weighted by molar-refractivity contribution is 6.66. The Morgan fingerprint density at radius 3 is 2.86 bits per heavy atom. The molecule has 3 heteroatoms. The molecule has 0 radical (unpaired) electrons. The maximum absolute atomic E-state index is 10.5. The molecule has 1 aromatic rings. The van der Waals surface area contributed by atoms with Crippen molar-refractivity contribution in [2.75, 3.05) is 6.61 Å². The van der Waals surface area contributed by atoms with Crippen LogP contribution in [0, 0.1) is 0 Å². The number of ether oxygens (including phenoxy) is 1. The van der Waals surface area contributed by atoms with E-state index < -0.39 is 5.24 Å². The Labute approximate surface area is 88.1 Å². The lowest BCUT2D eigenvalue weighted by Crippen LogP contribution is -1.93. The summed E-state index contributed by atoms with van der Waals surface area (Å²) in [4.78, 5) is 10.5. The minimum absolute atomic E-state index is 0.490. The zero-order valence-electron chi connectivity index (χ0n) is 7.87. The highest BCUT2D eigenvalue weighted by Gasteiger charge is 1.98. The van der Waals surface area contributed by atoms with E-state index in [1.54, 1.807) is 6.08 Å². The maximum Gasteiger partial charge on any atom is 0.245 e. The Balaban J connectivity index is 2.89. The minimum Gasteiger partial charge on any atom is -0.493 e. The molecule has 0 saturated heterocycles. The van der Waals surface area contributed by atoms with Crippen molar-refractivity contribution >= 4 is 22.9 Å². The zero-order chi connectivity index (χ0) is 10.4. The van der Waals surface area contributed by atoms with Gasteiger partial charge in [-0.05, 0) is 36.7 Å². The van der Waals surface area contributed by atoms with Crippen LogP contribution in [0.5, 0.6) is 5.75 Å². The van der Waals surface area contributed by atoms with Gasteiger partial charge < -0.3 is 4.74 Å². The van der Waals surface area contributed by atoms with E-state index in [0.717, 1.165) is 11.3 Å². The van der Waals surface area contributed by atoms with Crippen LogP contribution < -0.4 is 4.74 Å². The summed E-state index contributed by atoms with van der Waals surface area (Å²) >= 11 is 5.19. The Kier molecular flexibility index (Phi) is 4.20. The summed E-state index contributed by atoms with van der Waals surface area (Å²) in [6.45, 7) is 2.51. The molecule has 0 saturated carbocycles. The molecule has 0 aromatic heterocycles. The molecule has 1 aromatic carbocycles. The molecule has 14 heavy (non-hydrogen) atoms. The third-order valence-electron chi connectivity index (χ3n) is 1.61. The van der Waals surface area contributed by atoms with Crippen LogP contribution in [0.15, 0.2) is 30.3 Å². The second-order valence-corrected chi connectivity index (χ2v) is 2.98. The predicted octanol–water partition coefficient (Wildman–Crippen LogP) is 2.86. The van der Waals surface area contributed by atoms with E-state index in [-0.39, 0.29) is 0 Å². The molecule has 74 valence electrons. The van der Waals surface area contributed by atoms with E-state index in [1.807, 2.05) is 31.2 Å². The fourth-order valence-corrected chi connectivity index (χ4v) is 1.12. The van der Waals surface area contributed by atoms with Crippen molar-refractivity contribution in [3.63, 3.8) is 0 Å². The second kappa shape index (κ2) is 5.45. The molecule has 0 amide bonds. The first kappa shape index (κ1) is 10.8. The van der Waals surface area contributed by atoms with Gasteiger partial charge >= 0.3 is 0 Å². The lowest BCUT2D eigenvalue weighted by molar-refractivity contribution is -0.107. The maximum atomic E-state index is 10.5. The van der Waals surface area contributed by atoms with Crippen molar-refractivity contribution in [2.24, 2.45) is 0 Å². The first-order valence-electron chi connectivity index (χ1n) is 4.33. The summed E-state index contributed by atoms with van der Waals surface area (Å²) in [7, 11) is 0. The van der Waals surface area contributed by atoms with Crippen molar-refractivity contribution in [1.82, 2.24) is 0 Å². The summed E-state index contributed by atoms with van der Waals surface area (Å²) in [5.41, 5.74) is 0.850. The van der Waals surface area contributed by atoms with Gasteiger partial charge in [0.15, 0.2) is 0 Å². The van der Waals surface area contributed by atoms with Crippen LogP contribution in [-0.4, -0.2) is 11.8 Å². The van der Waals surface area contributed by atoms with Crippen LogP contribution in [0.25, 0.3) is 6.08 Å². The van der Waals surface area contributed by atoms with Gasteiger partial charge in [0.2, 0.25) is 5.24 Å². The van der Waals surface area contributed by atoms with E-state index in [9.17, 15) is 4.79 Å². The number of carbonyl (C=O) groups excluding carboxylic acids is 1. The molecule has 0 fully saturated rings. The van der Waals surface area contributed by atoms with Crippen LogP contribution in [0.1, 0.15) is 12.5 Å². The summed E-state index contributed by atoms with van der Waals surface area (Å²) in [5.74, 6) is 0.754. The molecule has 0 aliphatic rings. The average molecular weight is 211 g/mol. The molecular formula is C11H11ClO2. The van der Waals surface area contributed by atoms with Crippen LogP contribution in [0.2, 0.25) is 0 Å². The van der Waals surface area contributed by atoms with Crippen LogP contribution >= 0.6 is 11.6 Å². The third-order valence-corrected chi connectivity index (χ3v) is 1.74. The molecule has 0 N–H and O–H groups in total. The van der Waals surface area contributed by atoms with Crippen LogP contribution in [0.4, 0.5) is 0 Å². The number of rotatable bonds is 4. The Morgan fingerprint density at radius 2 is 2.21 bits per heavy atom. The fourth-order valence-electron chi connectivity index (χ4n) is 1.06. The number of hydrogen-bond donors (Lipinski definition) is 0. The van der Waals surface area contributed by atoms with Crippen molar-refractivity contribution in [3.8, 4) is 5.75 Å². The van der Waals surface area contributed by atoms with Crippen LogP contribution in [0.3, 0.4) is 0 Å². The lowest BCUT2D eigenvalue weighted by atomic mass is 10.2. The third kappa shape index (κ3) is 3.23. The first-order valence-corrected chi connectivity index (χ1v) is 4.71. The van der Waals surface area contributed by atoms with Crippen molar-refractivity contribution in [1.29, 1.82) is 0 Å². The normalized spacial score (nSPS) is 10.4. The second-order valence-electron chi connectivity index (χ2n) is 2.61. The quantitative estimate of drug-likeness (QED) is 0.564. The van der Waals surface area contributed by atoms with E-state index in [1.165, 1.54) is 6.08 Å². The molecule has 0 unspecified atom stereocenters. The molecule has 0 aliphatic heterocycles. The van der Waals surface area contributed by atoms with Crippen molar-refractivity contribution in [3.05, 3.63) is 35.9 Å². The molecule has 0 aliphatic carbocycles. The number of benzene rings is 1. The van der Waals surface area contributed by atoms with E-state index in [2.05, 4.69) is 0 Å². The number of allylic oxidation sites excluding steroid dienone is 1. The standard InChI is InChI=1S/C11H11ClO2/c1-2-14-10-6-4-3-5-9(10)7-8-11(12)13/h3-8H,2H2,1H3. The first-order chi connectivity index (χ1) is 6.74. The monoisotopic (exact) mass is 210 g/mol. The summed E-state index contributed by atoms with van der Waals surface area (Å²) < 4.78 is 5.36. The molecule has 0 spiro atoms. The smallest absolute Gasteiger partial charge is 0.245 e. The Hall–Kier alpha value is -1.28. The Morgan fingerprint density at radius 1 is 1.50 bits per heavy atom. The minimum atomic E-state index is -0.490. The van der Waals surface area contributed by atoms with Gasteiger partial charge in [0.05, 0.1) is 6.61 Å². The molecule has 0 heterocycles. The summed E-state index contributed by atoms with van der Waals surface area (Å²) in [5, 5.41) is -0.490. The number of para-hydroxylation sites is 1. The van der Waals surface area contributed by atoms with E-state index >= 15 is 0 Å². The van der Waals surface area contributed by atoms with Crippen molar-refractivity contribution in [2.45, 2.75) is 6.92 Å². The molecule has 0 bridgehead atoms. The van der Waals surface area contributed by atoms with Gasteiger partial charge in [-0.1, -0.05) is 18.2 Å². The highest BCUT2D eigenvalue weighted by Crippen LogP contribution is 2.19. The van der Waals surface area contributed by atoms with Gasteiger partial charge in [-0.25, -0.2) is 0 Å². The topological polar surface area (TPSA) is 26.3 Å². The van der Waals surface area contributed by atoms with Crippen LogP contribution in [-0.2, 0) is 4.79 Å². The molecule has 0 atom stereocenters. The van der Waals surface area contributed by atoms with E-state index in [0.29, 0.717) is 6.61 Å². The van der Waals surface area contributed by atoms with Gasteiger partial charge in [0.25, 0.3) is 0 Å². The largest absolute Gasteiger partial charge is 0.493 e. The van der Waals surface area contributed by atoms with Gasteiger partial charge in [-0.2, -0.15) is 0 Å². The van der Waals surface area contributed by atoms with E-state index in [4.69, 9.17) is 16.3 Å². The van der Waals surface area contributed by atoms with Gasteiger partial charge in [-0.15, -0.1) is 0 Å². The summed E-state index contributed by atoms with van der Waals surface area (Å²) in [6, 6.07) is 7.47. The van der Waals surface area contributed by atoms with Crippen molar-refractivity contribution < 1.29 is 9.53 Å². The number of halogens is 1. The van der Waals surface area contributed by atoms with Gasteiger partial charge in [0, 0.05) is 5.56 Å². The Bertz CT molecular complexity index is 345. The van der Waals surface area contributed by atoms with Gasteiger partial charge in [-0.3, -0.25) is 4.79 Å². The highest BCUT2D eigenvalue weighted by atomic mass is 35.5. The average Bonchev–Trinajstić information content (AvgIpc) is 2.17. The summed E-state index contributed by atoms with van der Waals surface area (Å²) in [6.07, 6.45) is 2.94. The number of carbonyl (C=O) groups is 1. The lowest BCUT2D eigenvalue weighted by Gasteiger charge is -2.05. The zero-order valence-corrected chi connectivity index (χ0v) is 8.62. The predicted molar refractivity (Wildman–Crippen MR) is 57.5 cm³/mol.